The van der Waals surface area contributed by atoms with Gasteiger partial charge in [0.05, 0.1) is 11.6 Å². The van der Waals surface area contributed by atoms with E-state index >= 15 is 0 Å². The van der Waals surface area contributed by atoms with Gasteiger partial charge in [0.15, 0.2) is 11.2 Å². The third kappa shape index (κ3) is 4.38. The summed E-state index contributed by atoms with van der Waals surface area (Å²) in [4.78, 5) is 41.1. The number of aromatic amines is 1. The molecule has 31 heavy (non-hydrogen) atoms. The van der Waals surface area contributed by atoms with Crippen LogP contribution in [0.1, 0.15) is 32.5 Å². The molecule has 1 aliphatic heterocycles. The van der Waals surface area contributed by atoms with Crippen LogP contribution in [0.5, 0.6) is 0 Å². The van der Waals surface area contributed by atoms with Gasteiger partial charge in [-0.2, -0.15) is 0 Å². The van der Waals surface area contributed by atoms with Crippen LogP contribution in [0.2, 0.25) is 5.02 Å². The highest BCUT2D eigenvalue weighted by Crippen LogP contribution is 2.18. The zero-order valence-electron chi connectivity index (χ0n) is 18.0. The van der Waals surface area contributed by atoms with E-state index in [2.05, 4.69) is 26.7 Å². The van der Waals surface area contributed by atoms with E-state index in [0.717, 1.165) is 50.7 Å². The number of rotatable bonds is 7. The lowest BCUT2D eigenvalue weighted by molar-refractivity contribution is 0.241. The van der Waals surface area contributed by atoms with Crippen molar-refractivity contribution < 1.29 is 0 Å². The molecule has 0 aromatic carbocycles. The fourth-order valence-electron chi connectivity index (χ4n) is 4.09. The first-order valence-electron chi connectivity index (χ1n) is 10.8. The monoisotopic (exact) mass is 445 g/mol. The summed E-state index contributed by atoms with van der Waals surface area (Å²) >= 11 is 5.94. The van der Waals surface area contributed by atoms with Gasteiger partial charge in [-0.05, 0) is 25.5 Å². The summed E-state index contributed by atoms with van der Waals surface area (Å²) in [5, 5.41) is 0.633. The van der Waals surface area contributed by atoms with Gasteiger partial charge in [0.1, 0.15) is 11.6 Å². The van der Waals surface area contributed by atoms with Gasteiger partial charge >= 0.3 is 5.69 Å². The van der Waals surface area contributed by atoms with Crippen molar-refractivity contribution in [1.29, 1.82) is 0 Å². The molecule has 1 fully saturated rings. The number of H-pyrrole nitrogens is 1. The van der Waals surface area contributed by atoms with Gasteiger partial charge < -0.3 is 9.47 Å². The van der Waals surface area contributed by atoms with Crippen molar-refractivity contribution in [3.05, 3.63) is 50.0 Å². The maximum atomic E-state index is 12.6. The lowest BCUT2D eigenvalue weighted by Gasteiger charge is -2.35. The van der Waals surface area contributed by atoms with Crippen molar-refractivity contribution in [2.24, 2.45) is 0 Å². The minimum Gasteiger partial charge on any atom is -0.354 e. The lowest BCUT2D eigenvalue weighted by atomic mass is 10.3. The molecular formula is C21H28ClN7O2. The zero-order chi connectivity index (χ0) is 22.0. The molecule has 0 atom stereocenters. The SMILES string of the molecule is CCCCn1c(=O)[nH]c(=O)c2c1nc(CN1CCN(c3ccc(Cl)cn3)CC1)n2CC. The molecule has 1 aliphatic rings. The van der Waals surface area contributed by atoms with Crippen LogP contribution in [0, 0.1) is 0 Å². The Balaban J connectivity index is 1.56. The summed E-state index contributed by atoms with van der Waals surface area (Å²) in [7, 11) is 0. The number of hydrogen-bond donors (Lipinski definition) is 1. The van der Waals surface area contributed by atoms with Gasteiger partial charge in [-0.15, -0.1) is 0 Å². The maximum Gasteiger partial charge on any atom is 0.330 e. The predicted octanol–water partition coefficient (Wildman–Crippen LogP) is 2.08. The van der Waals surface area contributed by atoms with Gasteiger partial charge in [-0.25, -0.2) is 14.8 Å². The molecule has 4 rings (SSSR count). The van der Waals surface area contributed by atoms with Crippen molar-refractivity contribution >= 4 is 28.6 Å². The summed E-state index contributed by atoms with van der Waals surface area (Å²) in [6, 6.07) is 3.80. The topological polar surface area (TPSA) is 92.0 Å². The molecule has 0 spiro atoms. The molecule has 0 radical (unpaired) electrons. The van der Waals surface area contributed by atoms with Gasteiger partial charge in [0.25, 0.3) is 5.56 Å². The number of aromatic nitrogens is 5. The Hall–Kier alpha value is -2.65. The second-order valence-electron chi connectivity index (χ2n) is 7.81. The van der Waals surface area contributed by atoms with Gasteiger partial charge in [-0.3, -0.25) is 19.2 Å². The molecule has 10 heteroatoms. The van der Waals surface area contributed by atoms with Crippen molar-refractivity contribution in [2.45, 2.75) is 46.3 Å². The smallest absolute Gasteiger partial charge is 0.330 e. The minimum atomic E-state index is -0.387. The molecule has 3 aromatic heterocycles. The lowest BCUT2D eigenvalue weighted by Crippen LogP contribution is -2.46. The number of nitrogens with zero attached hydrogens (tertiary/aromatic N) is 6. The van der Waals surface area contributed by atoms with Crippen LogP contribution in [0.4, 0.5) is 5.82 Å². The van der Waals surface area contributed by atoms with E-state index in [0.29, 0.717) is 35.8 Å². The van der Waals surface area contributed by atoms with Gasteiger partial charge in [0.2, 0.25) is 0 Å². The highest BCUT2D eigenvalue weighted by atomic mass is 35.5. The number of hydrogen-bond acceptors (Lipinski definition) is 6. The Morgan fingerprint density at radius 2 is 1.87 bits per heavy atom. The van der Waals surface area contributed by atoms with E-state index in [4.69, 9.17) is 16.6 Å². The average molecular weight is 446 g/mol. The molecule has 9 nitrogen and oxygen atoms in total. The maximum absolute atomic E-state index is 12.6. The zero-order valence-corrected chi connectivity index (χ0v) is 18.7. The van der Waals surface area contributed by atoms with Gasteiger partial charge in [0, 0.05) is 45.5 Å². The summed E-state index contributed by atoms with van der Waals surface area (Å²) < 4.78 is 3.53. The Labute approximate surface area is 185 Å². The van der Waals surface area contributed by atoms with Crippen LogP contribution >= 0.6 is 11.6 Å². The molecule has 0 unspecified atom stereocenters. The molecule has 1 N–H and O–H groups in total. The Morgan fingerprint density at radius 1 is 1.10 bits per heavy atom. The van der Waals surface area contributed by atoms with Crippen LogP contribution < -0.4 is 16.1 Å². The van der Waals surface area contributed by atoms with Crippen LogP contribution in [0.25, 0.3) is 11.2 Å². The fourth-order valence-corrected chi connectivity index (χ4v) is 4.20. The fraction of sp³-hybridized carbons (Fsp3) is 0.524. The number of nitrogens with one attached hydrogen (secondary N) is 1. The summed E-state index contributed by atoms with van der Waals surface area (Å²) in [5.74, 6) is 1.74. The molecule has 4 heterocycles. The second kappa shape index (κ2) is 9.23. The molecule has 166 valence electrons. The van der Waals surface area contributed by atoms with Crippen LogP contribution in [0.3, 0.4) is 0 Å². The van der Waals surface area contributed by atoms with Crippen molar-refractivity contribution in [1.82, 2.24) is 29.0 Å². The Bertz CT molecular complexity index is 1160. The first kappa shape index (κ1) is 21.6. The van der Waals surface area contributed by atoms with E-state index in [1.54, 1.807) is 10.8 Å². The first-order valence-corrected chi connectivity index (χ1v) is 11.2. The summed E-state index contributed by atoms with van der Waals surface area (Å²) in [6.07, 6.45) is 3.49. The second-order valence-corrected chi connectivity index (χ2v) is 8.24. The third-order valence-corrected chi connectivity index (χ3v) is 6.01. The number of unbranched alkanes of at least 4 members (excludes halogenated alkanes) is 1. The number of fused-ring (bicyclic) bond motifs is 1. The summed E-state index contributed by atoms with van der Waals surface area (Å²) in [5.41, 5.74) is 0.217. The molecule has 0 aliphatic carbocycles. The highest BCUT2D eigenvalue weighted by molar-refractivity contribution is 6.30. The number of pyridine rings is 1. The number of anilines is 1. The van der Waals surface area contributed by atoms with E-state index < -0.39 is 0 Å². The van der Waals surface area contributed by atoms with Crippen molar-refractivity contribution in [3.63, 3.8) is 0 Å². The highest BCUT2D eigenvalue weighted by Gasteiger charge is 2.22. The van der Waals surface area contributed by atoms with Crippen LogP contribution in [0.15, 0.2) is 27.9 Å². The molecule has 0 saturated carbocycles. The van der Waals surface area contributed by atoms with Crippen LogP contribution in [-0.2, 0) is 19.6 Å². The molecule has 0 amide bonds. The average Bonchev–Trinajstić information content (AvgIpc) is 3.13. The normalized spacial score (nSPS) is 15.1. The number of halogens is 1. The Morgan fingerprint density at radius 3 is 2.52 bits per heavy atom. The van der Waals surface area contributed by atoms with Crippen molar-refractivity contribution in [2.75, 3.05) is 31.1 Å². The predicted molar refractivity (Wildman–Crippen MR) is 122 cm³/mol. The van der Waals surface area contributed by atoms with E-state index in [1.165, 1.54) is 0 Å². The molecule has 1 saturated heterocycles. The number of aryl methyl sites for hydroxylation is 2. The van der Waals surface area contributed by atoms with E-state index in [9.17, 15) is 9.59 Å². The molecule has 0 bridgehead atoms. The van der Waals surface area contributed by atoms with Crippen LogP contribution in [-0.4, -0.2) is 55.2 Å². The van der Waals surface area contributed by atoms with E-state index in [1.807, 2.05) is 23.6 Å². The molecule has 3 aromatic rings. The molecular weight excluding hydrogens is 418 g/mol. The standard InChI is InChI=1S/C21H28ClN7O2/c1-3-5-8-29-19-18(20(30)25-21(29)31)28(4-2)17(24-19)14-26-9-11-27(12-10-26)16-7-6-15(22)13-23-16/h6-7,13H,3-5,8-12,14H2,1-2H3,(H,25,30,31). The summed E-state index contributed by atoms with van der Waals surface area (Å²) in [6.45, 7) is 9.29. The minimum absolute atomic E-state index is 0.369. The quantitative estimate of drug-likeness (QED) is 0.598. The van der Waals surface area contributed by atoms with Gasteiger partial charge in [-0.1, -0.05) is 24.9 Å². The third-order valence-electron chi connectivity index (χ3n) is 5.79. The Kier molecular flexibility index (Phi) is 6.43. The van der Waals surface area contributed by atoms with E-state index in [-0.39, 0.29) is 11.2 Å². The van der Waals surface area contributed by atoms with Crippen molar-refractivity contribution in [3.8, 4) is 0 Å². The first-order chi connectivity index (χ1) is 15.0. The number of imidazole rings is 1. The number of piperazine rings is 1. The largest absolute Gasteiger partial charge is 0.354 e.